The van der Waals surface area contributed by atoms with Crippen LogP contribution in [0.4, 0.5) is 4.79 Å². The Morgan fingerprint density at radius 2 is 1.62 bits per heavy atom. The van der Waals surface area contributed by atoms with E-state index >= 15 is 0 Å². The molecule has 0 unspecified atom stereocenters. The van der Waals surface area contributed by atoms with E-state index in [4.69, 9.17) is 10.8 Å². The molecule has 1 amide bonds. The van der Waals surface area contributed by atoms with Gasteiger partial charge >= 0.3 is 6.09 Å². The van der Waals surface area contributed by atoms with Crippen molar-refractivity contribution in [2.24, 2.45) is 5.73 Å². The van der Waals surface area contributed by atoms with Crippen molar-refractivity contribution >= 4 is 6.09 Å². The highest BCUT2D eigenvalue weighted by Crippen LogP contribution is 2.04. The molecule has 0 fully saturated rings. The number of nitrogens with two attached hydrogens (primary N) is 1. The van der Waals surface area contributed by atoms with Gasteiger partial charge in [-0.3, -0.25) is 0 Å². The van der Waals surface area contributed by atoms with Crippen LogP contribution in [0, 0.1) is 0 Å². The van der Waals surface area contributed by atoms with Crippen molar-refractivity contribution in [2.75, 3.05) is 13.2 Å². The van der Waals surface area contributed by atoms with Crippen LogP contribution in [0.3, 0.4) is 0 Å². The van der Waals surface area contributed by atoms with E-state index in [-0.39, 0.29) is 6.61 Å². The fourth-order valence-electron chi connectivity index (χ4n) is 1.09. The summed E-state index contributed by atoms with van der Waals surface area (Å²) in [6, 6.07) is 0. The van der Waals surface area contributed by atoms with E-state index in [1.165, 1.54) is 0 Å². The van der Waals surface area contributed by atoms with Crippen molar-refractivity contribution in [2.45, 2.75) is 38.5 Å². The summed E-state index contributed by atoms with van der Waals surface area (Å²) < 4.78 is 4.57. The second kappa shape index (κ2) is 9.32. The van der Waals surface area contributed by atoms with Gasteiger partial charge in [0.2, 0.25) is 0 Å². The van der Waals surface area contributed by atoms with Crippen molar-refractivity contribution in [3.63, 3.8) is 0 Å². The molecule has 0 spiro atoms. The Hall–Kier alpha value is -0.770. The van der Waals surface area contributed by atoms with Gasteiger partial charge in [0.15, 0.2) is 0 Å². The molecule has 0 rings (SSSR count). The Labute approximate surface area is 79.1 Å². The number of hydrogen-bond acceptors (Lipinski definition) is 3. The molecule has 3 N–H and O–H groups in total. The number of hydrogen-bond donors (Lipinski definition) is 2. The molecular weight excluding hydrogens is 170 g/mol. The lowest BCUT2D eigenvalue weighted by Gasteiger charge is -2.01. The maximum atomic E-state index is 10.1. The second-order valence-electron chi connectivity index (χ2n) is 3.01. The van der Waals surface area contributed by atoms with Crippen LogP contribution in [0.5, 0.6) is 0 Å². The highest BCUT2D eigenvalue weighted by Gasteiger charge is 1.93. The fourth-order valence-corrected chi connectivity index (χ4v) is 1.09. The monoisotopic (exact) mass is 189 g/mol. The molecule has 0 aromatic carbocycles. The molecule has 4 heteroatoms. The summed E-state index contributed by atoms with van der Waals surface area (Å²) in [5.41, 5.74) is 4.78. The van der Waals surface area contributed by atoms with Gasteiger partial charge in [-0.2, -0.15) is 0 Å². The van der Waals surface area contributed by atoms with Gasteiger partial charge in [-0.1, -0.05) is 25.7 Å². The van der Waals surface area contributed by atoms with Crippen molar-refractivity contribution in [3.05, 3.63) is 0 Å². The van der Waals surface area contributed by atoms with Crippen LogP contribution in [-0.4, -0.2) is 24.4 Å². The molecule has 78 valence electrons. The van der Waals surface area contributed by atoms with Gasteiger partial charge in [0.25, 0.3) is 0 Å². The van der Waals surface area contributed by atoms with E-state index in [2.05, 4.69) is 4.74 Å². The third kappa shape index (κ3) is 11.2. The summed E-state index contributed by atoms with van der Waals surface area (Å²) in [6.45, 7) is 0.708. The van der Waals surface area contributed by atoms with Crippen LogP contribution in [0.25, 0.3) is 0 Å². The third-order valence-electron chi connectivity index (χ3n) is 1.80. The SMILES string of the molecule is NC(=O)OCCCCCCCCO. The molecular formula is C9H19NO3. The van der Waals surface area contributed by atoms with Crippen LogP contribution in [-0.2, 0) is 4.74 Å². The Bertz CT molecular complexity index is 128. The zero-order valence-corrected chi connectivity index (χ0v) is 8.00. The molecule has 0 aliphatic carbocycles. The third-order valence-corrected chi connectivity index (χ3v) is 1.80. The van der Waals surface area contributed by atoms with Crippen molar-refractivity contribution in [1.82, 2.24) is 0 Å². The maximum absolute atomic E-state index is 10.1. The summed E-state index contributed by atoms with van der Waals surface area (Å²) in [5, 5.41) is 8.50. The predicted octanol–water partition coefficient (Wildman–Crippen LogP) is 1.41. The molecule has 0 saturated carbocycles. The first-order valence-corrected chi connectivity index (χ1v) is 4.80. The Morgan fingerprint density at radius 1 is 1.08 bits per heavy atom. The van der Waals surface area contributed by atoms with E-state index < -0.39 is 6.09 Å². The topological polar surface area (TPSA) is 72.6 Å². The van der Waals surface area contributed by atoms with E-state index in [1.54, 1.807) is 0 Å². The minimum Gasteiger partial charge on any atom is -0.450 e. The Balaban J connectivity index is 2.87. The number of aliphatic hydroxyl groups excluding tert-OH is 1. The van der Waals surface area contributed by atoms with Crippen LogP contribution in [0.1, 0.15) is 38.5 Å². The minimum absolute atomic E-state index is 0.283. The molecule has 0 heterocycles. The normalized spacial score (nSPS) is 9.92. The van der Waals surface area contributed by atoms with E-state index in [9.17, 15) is 4.79 Å². The van der Waals surface area contributed by atoms with Crippen LogP contribution >= 0.6 is 0 Å². The molecule has 13 heavy (non-hydrogen) atoms. The van der Waals surface area contributed by atoms with Crippen LogP contribution in [0.15, 0.2) is 0 Å². The van der Waals surface area contributed by atoms with Crippen molar-refractivity contribution in [1.29, 1.82) is 0 Å². The lowest BCUT2D eigenvalue weighted by atomic mass is 10.1. The molecule has 0 radical (unpaired) electrons. The highest BCUT2D eigenvalue weighted by molar-refractivity contribution is 5.64. The van der Waals surface area contributed by atoms with E-state index in [0.717, 1.165) is 38.5 Å². The number of amides is 1. The molecule has 0 atom stereocenters. The van der Waals surface area contributed by atoms with Crippen molar-refractivity contribution < 1.29 is 14.6 Å². The number of ether oxygens (including phenoxy) is 1. The van der Waals surface area contributed by atoms with Gasteiger partial charge in [0, 0.05) is 6.61 Å². The molecule has 4 nitrogen and oxygen atoms in total. The molecule has 0 aliphatic heterocycles. The summed E-state index contributed by atoms with van der Waals surface area (Å²) in [4.78, 5) is 10.1. The van der Waals surface area contributed by atoms with Gasteiger partial charge in [0.05, 0.1) is 6.61 Å². The standard InChI is InChI=1S/C9H19NO3/c10-9(12)13-8-6-4-2-1-3-5-7-11/h11H,1-8H2,(H2,10,12). The lowest BCUT2D eigenvalue weighted by molar-refractivity contribution is 0.154. The fraction of sp³-hybridized carbons (Fsp3) is 0.889. The van der Waals surface area contributed by atoms with Gasteiger partial charge < -0.3 is 15.6 Å². The zero-order chi connectivity index (χ0) is 9.94. The average Bonchev–Trinajstić information content (AvgIpc) is 2.09. The van der Waals surface area contributed by atoms with Crippen molar-refractivity contribution in [3.8, 4) is 0 Å². The van der Waals surface area contributed by atoms with Gasteiger partial charge in [0.1, 0.15) is 0 Å². The van der Waals surface area contributed by atoms with E-state index in [0.29, 0.717) is 6.61 Å². The van der Waals surface area contributed by atoms with Gasteiger partial charge in [-0.15, -0.1) is 0 Å². The van der Waals surface area contributed by atoms with Crippen LogP contribution < -0.4 is 5.73 Å². The maximum Gasteiger partial charge on any atom is 0.404 e. The zero-order valence-electron chi connectivity index (χ0n) is 8.00. The Kier molecular flexibility index (Phi) is 8.77. The molecule has 0 saturated heterocycles. The molecule has 0 aliphatic rings. The number of rotatable bonds is 8. The summed E-state index contributed by atoms with van der Waals surface area (Å²) >= 11 is 0. The first-order chi connectivity index (χ1) is 6.27. The number of primary amides is 1. The molecule has 0 aromatic rings. The minimum atomic E-state index is -0.694. The quantitative estimate of drug-likeness (QED) is 0.567. The smallest absolute Gasteiger partial charge is 0.404 e. The highest BCUT2D eigenvalue weighted by atomic mass is 16.5. The number of carbonyl (C=O) groups is 1. The number of aliphatic hydroxyl groups is 1. The lowest BCUT2D eigenvalue weighted by Crippen LogP contribution is -2.13. The summed E-state index contributed by atoms with van der Waals surface area (Å²) in [6.07, 6.45) is 5.46. The van der Waals surface area contributed by atoms with Gasteiger partial charge in [-0.05, 0) is 12.8 Å². The molecule has 0 aromatic heterocycles. The Morgan fingerprint density at radius 3 is 2.15 bits per heavy atom. The summed E-state index contributed by atoms with van der Waals surface area (Å²) in [5.74, 6) is 0. The first-order valence-electron chi connectivity index (χ1n) is 4.80. The van der Waals surface area contributed by atoms with Gasteiger partial charge in [-0.25, -0.2) is 4.79 Å². The number of unbranched alkanes of at least 4 members (excludes halogenated alkanes) is 5. The first kappa shape index (κ1) is 12.2. The predicted molar refractivity (Wildman–Crippen MR) is 50.3 cm³/mol. The largest absolute Gasteiger partial charge is 0.450 e. The van der Waals surface area contributed by atoms with Crippen LogP contribution in [0.2, 0.25) is 0 Å². The second-order valence-corrected chi connectivity index (χ2v) is 3.01. The average molecular weight is 189 g/mol. The summed E-state index contributed by atoms with van der Waals surface area (Å²) in [7, 11) is 0. The molecule has 0 bridgehead atoms. The van der Waals surface area contributed by atoms with E-state index in [1.807, 2.05) is 0 Å². The number of carbonyl (C=O) groups excluding carboxylic acids is 1.